The number of nitrogens with one attached hydrogen (secondary N) is 1. The molecule has 3 nitrogen and oxygen atoms in total. The maximum Gasteiger partial charge on any atom is 0.0966 e. The topological polar surface area (TPSA) is 30.5 Å². The Morgan fingerprint density at radius 3 is 2.94 bits per heavy atom. The summed E-state index contributed by atoms with van der Waals surface area (Å²) in [6.07, 6.45) is 1.19. The largest absolute Gasteiger partial charge is 0.379 e. The summed E-state index contributed by atoms with van der Waals surface area (Å²) in [6.45, 7) is 2.18. The Morgan fingerprint density at radius 1 is 1.38 bits per heavy atom. The number of likely N-dealkylation sites (N-methyl/N-ethyl adjacent to an activating group) is 1. The van der Waals surface area contributed by atoms with Crippen LogP contribution in [-0.4, -0.2) is 32.4 Å². The molecule has 1 aliphatic rings. The lowest BCUT2D eigenvalue weighted by Gasteiger charge is -2.31. The lowest BCUT2D eigenvalue weighted by Crippen LogP contribution is -2.46. The van der Waals surface area contributed by atoms with Gasteiger partial charge in [0, 0.05) is 12.6 Å². The average molecular weight is 221 g/mol. The molecular formula is C13H19NO2. The molecule has 3 heteroatoms. The van der Waals surface area contributed by atoms with Gasteiger partial charge in [-0.1, -0.05) is 30.3 Å². The smallest absolute Gasteiger partial charge is 0.0966 e. The van der Waals surface area contributed by atoms with Gasteiger partial charge in [-0.05, 0) is 19.0 Å². The lowest BCUT2D eigenvalue weighted by molar-refractivity contribution is -0.0741. The molecule has 0 amide bonds. The van der Waals surface area contributed by atoms with Crippen LogP contribution in [-0.2, 0) is 16.1 Å². The predicted molar refractivity (Wildman–Crippen MR) is 63.3 cm³/mol. The molecule has 0 aromatic heterocycles. The highest BCUT2D eigenvalue weighted by atomic mass is 16.5. The van der Waals surface area contributed by atoms with Crippen molar-refractivity contribution in [3.05, 3.63) is 35.9 Å². The molecule has 0 saturated carbocycles. The standard InChI is InChI=1S/C13H19NO2/c1-14-12-7-8-15-10-13(12)16-9-11-5-3-2-4-6-11/h2-6,12-14H,7-10H2,1H3. The van der Waals surface area contributed by atoms with Crippen molar-refractivity contribution in [2.24, 2.45) is 0 Å². The Morgan fingerprint density at radius 2 is 2.19 bits per heavy atom. The molecule has 1 aromatic rings. The van der Waals surface area contributed by atoms with Crippen LogP contribution in [0.1, 0.15) is 12.0 Å². The molecule has 2 unspecified atom stereocenters. The summed E-state index contributed by atoms with van der Waals surface area (Å²) in [6, 6.07) is 10.7. The van der Waals surface area contributed by atoms with E-state index in [9.17, 15) is 0 Å². The van der Waals surface area contributed by atoms with E-state index in [0.717, 1.165) is 13.0 Å². The maximum absolute atomic E-state index is 5.88. The van der Waals surface area contributed by atoms with E-state index in [4.69, 9.17) is 9.47 Å². The Balaban J connectivity index is 1.84. The van der Waals surface area contributed by atoms with Crippen LogP contribution in [0, 0.1) is 0 Å². The molecule has 2 atom stereocenters. The average Bonchev–Trinajstić information content (AvgIpc) is 2.38. The van der Waals surface area contributed by atoms with E-state index in [1.807, 2.05) is 25.2 Å². The second kappa shape index (κ2) is 5.99. The van der Waals surface area contributed by atoms with Crippen molar-refractivity contribution in [2.45, 2.75) is 25.2 Å². The van der Waals surface area contributed by atoms with Crippen LogP contribution >= 0.6 is 0 Å². The monoisotopic (exact) mass is 221 g/mol. The number of hydrogen-bond donors (Lipinski definition) is 1. The van der Waals surface area contributed by atoms with E-state index < -0.39 is 0 Å². The van der Waals surface area contributed by atoms with Gasteiger partial charge in [0.25, 0.3) is 0 Å². The molecule has 0 radical (unpaired) electrons. The number of rotatable bonds is 4. The fraction of sp³-hybridized carbons (Fsp3) is 0.538. The van der Waals surface area contributed by atoms with Gasteiger partial charge in [-0.15, -0.1) is 0 Å². The Labute approximate surface area is 96.8 Å². The molecule has 16 heavy (non-hydrogen) atoms. The molecule has 1 N–H and O–H groups in total. The summed E-state index contributed by atoms with van der Waals surface area (Å²) < 4.78 is 11.3. The minimum Gasteiger partial charge on any atom is -0.379 e. The summed E-state index contributed by atoms with van der Waals surface area (Å²) >= 11 is 0. The van der Waals surface area contributed by atoms with Crippen molar-refractivity contribution in [3.63, 3.8) is 0 Å². The zero-order valence-corrected chi connectivity index (χ0v) is 9.69. The van der Waals surface area contributed by atoms with Crippen molar-refractivity contribution < 1.29 is 9.47 Å². The van der Waals surface area contributed by atoms with Crippen molar-refractivity contribution in [1.82, 2.24) is 5.32 Å². The van der Waals surface area contributed by atoms with Crippen molar-refractivity contribution in [1.29, 1.82) is 0 Å². The van der Waals surface area contributed by atoms with Crippen LogP contribution in [0.3, 0.4) is 0 Å². The highest BCUT2D eigenvalue weighted by Gasteiger charge is 2.24. The van der Waals surface area contributed by atoms with Crippen molar-refractivity contribution in [2.75, 3.05) is 20.3 Å². The molecule has 1 aliphatic heterocycles. The number of benzene rings is 1. The molecule has 88 valence electrons. The zero-order chi connectivity index (χ0) is 11.2. The normalized spacial score (nSPS) is 25.6. The van der Waals surface area contributed by atoms with Crippen LogP contribution in [0.2, 0.25) is 0 Å². The third-order valence-electron chi connectivity index (χ3n) is 2.98. The van der Waals surface area contributed by atoms with Crippen LogP contribution in [0.25, 0.3) is 0 Å². The van der Waals surface area contributed by atoms with E-state index in [1.54, 1.807) is 0 Å². The van der Waals surface area contributed by atoms with Gasteiger partial charge in [-0.2, -0.15) is 0 Å². The number of hydrogen-bond acceptors (Lipinski definition) is 3. The maximum atomic E-state index is 5.88. The fourth-order valence-corrected chi connectivity index (χ4v) is 1.98. The van der Waals surface area contributed by atoms with E-state index in [1.165, 1.54) is 5.56 Å². The van der Waals surface area contributed by atoms with Gasteiger partial charge in [0.05, 0.1) is 19.3 Å². The summed E-state index contributed by atoms with van der Waals surface area (Å²) in [5.74, 6) is 0. The molecular weight excluding hydrogens is 202 g/mol. The second-order valence-corrected chi connectivity index (χ2v) is 4.09. The van der Waals surface area contributed by atoms with E-state index >= 15 is 0 Å². The van der Waals surface area contributed by atoms with E-state index in [-0.39, 0.29) is 6.10 Å². The molecule has 0 spiro atoms. The molecule has 1 heterocycles. The predicted octanol–water partition coefficient (Wildman–Crippen LogP) is 1.58. The van der Waals surface area contributed by atoms with Crippen LogP contribution in [0.4, 0.5) is 0 Å². The molecule has 1 saturated heterocycles. The summed E-state index contributed by atoms with van der Waals surface area (Å²) in [5, 5.41) is 3.29. The quantitative estimate of drug-likeness (QED) is 0.837. The van der Waals surface area contributed by atoms with Crippen molar-refractivity contribution >= 4 is 0 Å². The summed E-state index contributed by atoms with van der Waals surface area (Å²) in [4.78, 5) is 0. The van der Waals surface area contributed by atoms with Gasteiger partial charge in [0.2, 0.25) is 0 Å². The van der Waals surface area contributed by atoms with Crippen LogP contribution in [0.5, 0.6) is 0 Å². The SMILES string of the molecule is CNC1CCOCC1OCc1ccccc1. The van der Waals surface area contributed by atoms with Gasteiger partial charge in [-0.25, -0.2) is 0 Å². The zero-order valence-electron chi connectivity index (χ0n) is 9.69. The first-order chi connectivity index (χ1) is 7.90. The van der Waals surface area contributed by atoms with Gasteiger partial charge in [-0.3, -0.25) is 0 Å². The second-order valence-electron chi connectivity index (χ2n) is 4.09. The van der Waals surface area contributed by atoms with Crippen LogP contribution < -0.4 is 5.32 Å². The minimum absolute atomic E-state index is 0.166. The molecule has 1 fully saturated rings. The van der Waals surface area contributed by atoms with Gasteiger partial charge >= 0.3 is 0 Å². The molecule has 1 aromatic carbocycles. The summed E-state index contributed by atoms with van der Waals surface area (Å²) in [7, 11) is 1.98. The lowest BCUT2D eigenvalue weighted by atomic mass is 10.1. The molecule has 0 aliphatic carbocycles. The Kier molecular flexibility index (Phi) is 4.34. The minimum atomic E-state index is 0.166. The van der Waals surface area contributed by atoms with E-state index in [0.29, 0.717) is 19.3 Å². The van der Waals surface area contributed by atoms with Crippen LogP contribution in [0.15, 0.2) is 30.3 Å². The number of ether oxygens (including phenoxy) is 2. The first-order valence-electron chi connectivity index (χ1n) is 5.80. The third-order valence-corrected chi connectivity index (χ3v) is 2.98. The van der Waals surface area contributed by atoms with Gasteiger partial charge < -0.3 is 14.8 Å². The molecule has 0 bridgehead atoms. The van der Waals surface area contributed by atoms with E-state index in [2.05, 4.69) is 17.4 Å². The molecule has 2 rings (SSSR count). The summed E-state index contributed by atoms with van der Waals surface area (Å²) in [5.41, 5.74) is 1.21. The third kappa shape index (κ3) is 3.04. The van der Waals surface area contributed by atoms with Gasteiger partial charge in [0.15, 0.2) is 0 Å². The first kappa shape index (κ1) is 11.6. The fourth-order valence-electron chi connectivity index (χ4n) is 1.98. The first-order valence-corrected chi connectivity index (χ1v) is 5.80. The van der Waals surface area contributed by atoms with Gasteiger partial charge in [0.1, 0.15) is 0 Å². The highest BCUT2D eigenvalue weighted by molar-refractivity contribution is 5.13. The van der Waals surface area contributed by atoms with Crippen molar-refractivity contribution in [3.8, 4) is 0 Å². The Bertz CT molecular complexity index is 302. The highest BCUT2D eigenvalue weighted by Crippen LogP contribution is 2.13. The Hall–Kier alpha value is -0.900.